The molecule has 0 saturated heterocycles. The normalized spacial score (nSPS) is 9.75. The molecule has 0 aliphatic carbocycles. The predicted molar refractivity (Wildman–Crippen MR) is 52.0 cm³/mol. The molecular formula is C7H4ClKNS2+. The maximum Gasteiger partial charge on any atom is 1.00 e. The zero-order valence-electron chi connectivity index (χ0n) is 6.43. The van der Waals surface area contributed by atoms with E-state index in [1.165, 1.54) is 0 Å². The van der Waals surface area contributed by atoms with Crippen LogP contribution in [0.15, 0.2) is 18.2 Å². The average Bonchev–Trinajstić information content (AvgIpc) is 2.27. The van der Waals surface area contributed by atoms with E-state index in [1.54, 1.807) is 11.3 Å². The Labute approximate surface area is 127 Å². The molecule has 0 atom stereocenters. The van der Waals surface area contributed by atoms with E-state index in [0.717, 1.165) is 19.2 Å². The molecule has 56 valence electrons. The molecule has 0 unspecified atom stereocenters. The van der Waals surface area contributed by atoms with Gasteiger partial charge in [0.15, 0.2) is 3.95 Å². The number of hydrogen-bond acceptors (Lipinski definition) is 2. The number of aromatic nitrogens is 1. The second-order valence-corrected chi connectivity index (χ2v) is 4.31. The number of aromatic amines is 1. The molecule has 1 heterocycles. The van der Waals surface area contributed by atoms with Gasteiger partial charge < -0.3 is 4.98 Å². The second-order valence-electron chi connectivity index (χ2n) is 2.16. The summed E-state index contributed by atoms with van der Waals surface area (Å²) in [6.07, 6.45) is 0. The molecule has 0 bridgehead atoms. The van der Waals surface area contributed by atoms with Crippen molar-refractivity contribution >= 4 is 45.4 Å². The van der Waals surface area contributed by atoms with Crippen LogP contribution in [0.3, 0.4) is 0 Å². The van der Waals surface area contributed by atoms with Gasteiger partial charge >= 0.3 is 51.4 Å². The first-order chi connectivity index (χ1) is 5.25. The fraction of sp³-hybridized carbons (Fsp3) is 0. The molecule has 0 aliphatic heterocycles. The Morgan fingerprint density at radius 3 is 2.92 bits per heavy atom. The Hall–Kier alpha value is 1.26. The van der Waals surface area contributed by atoms with Crippen LogP contribution in [0.5, 0.6) is 0 Å². The van der Waals surface area contributed by atoms with Crippen LogP contribution < -0.4 is 51.4 Å². The van der Waals surface area contributed by atoms with Gasteiger partial charge in [-0.15, -0.1) is 11.3 Å². The molecule has 2 aromatic rings. The van der Waals surface area contributed by atoms with Gasteiger partial charge in [0.2, 0.25) is 0 Å². The van der Waals surface area contributed by atoms with E-state index < -0.39 is 0 Å². The summed E-state index contributed by atoms with van der Waals surface area (Å²) in [5.74, 6) is 0. The number of thiazole rings is 1. The molecule has 1 nitrogen and oxygen atoms in total. The largest absolute Gasteiger partial charge is 1.00 e. The van der Waals surface area contributed by atoms with Crippen LogP contribution in [0.4, 0.5) is 0 Å². The molecule has 5 heteroatoms. The Morgan fingerprint density at radius 1 is 1.42 bits per heavy atom. The summed E-state index contributed by atoms with van der Waals surface area (Å²) < 4.78 is 1.91. The first kappa shape index (κ1) is 11.3. The topological polar surface area (TPSA) is 15.8 Å². The summed E-state index contributed by atoms with van der Waals surface area (Å²) in [4.78, 5) is 3.06. The summed E-state index contributed by atoms with van der Waals surface area (Å²) in [5, 5.41) is 0.753. The summed E-state index contributed by atoms with van der Waals surface area (Å²) in [7, 11) is 0. The number of halogens is 1. The van der Waals surface area contributed by atoms with E-state index in [-0.39, 0.29) is 51.4 Å². The van der Waals surface area contributed by atoms with Crippen molar-refractivity contribution in [2.45, 2.75) is 0 Å². The zero-order chi connectivity index (χ0) is 7.84. The summed E-state index contributed by atoms with van der Waals surface area (Å²) >= 11 is 12.3. The monoisotopic (exact) mass is 240 g/mol. The van der Waals surface area contributed by atoms with Crippen molar-refractivity contribution in [1.82, 2.24) is 4.98 Å². The first-order valence-electron chi connectivity index (χ1n) is 3.04. The van der Waals surface area contributed by atoms with Gasteiger partial charge in [-0.3, -0.25) is 0 Å². The Balaban J connectivity index is 0.000000720. The van der Waals surface area contributed by atoms with Crippen molar-refractivity contribution < 1.29 is 51.4 Å². The number of H-pyrrole nitrogens is 1. The van der Waals surface area contributed by atoms with Crippen molar-refractivity contribution in [3.8, 4) is 0 Å². The number of hydrogen-bond donors (Lipinski definition) is 1. The van der Waals surface area contributed by atoms with E-state index >= 15 is 0 Å². The minimum absolute atomic E-state index is 0. The molecule has 0 fully saturated rings. The molecule has 12 heavy (non-hydrogen) atoms. The van der Waals surface area contributed by atoms with Crippen molar-refractivity contribution in [2.75, 3.05) is 0 Å². The first-order valence-corrected chi connectivity index (χ1v) is 4.64. The van der Waals surface area contributed by atoms with Crippen LogP contribution in [0.2, 0.25) is 5.02 Å². The molecule has 0 aliphatic rings. The van der Waals surface area contributed by atoms with Crippen LogP contribution in [0.25, 0.3) is 10.2 Å². The maximum absolute atomic E-state index is 5.79. The SMILES string of the molecule is S=c1[nH]c2ccc(Cl)cc2s1.[K+]. The van der Waals surface area contributed by atoms with Gasteiger partial charge in [0.25, 0.3) is 0 Å². The maximum atomic E-state index is 5.79. The number of rotatable bonds is 0. The molecule has 2 rings (SSSR count). The molecule has 1 aromatic carbocycles. The van der Waals surface area contributed by atoms with Crippen molar-refractivity contribution in [3.63, 3.8) is 0 Å². The van der Waals surface area contributed by atoms with Gasteiger partial charge in [0, 0.05) is 5.02 Å². The predicted octanol–water partition coefficient (Wildman–Crippen LogP) is 0.616. The summed E-state index contributed by atoms with van der Waals surface area (Å²) in [6.45, 7) is 0. The van der Waals surface area contributed by atoms with Gasteiger partial charge in [-0.25, -0.2) is 0 Å². The van der Waals surface area contributed by atoms with Crippen LogP contribution in [0.1, 0.15) is 0 Å². The van der Waals surface area contributed by atoms with Crippen molar-refractivity contribution in [1.29, 1.82) is 0 Å². The Kier molecular flexibility index (Phi) is 4.40. The Bertz CT molecular complexity index is 448. The summed E-state index contributed by atoms with van der Waals surface area (Å²) in [5.41, 5.74) is 1.06. The Morgan fingerprint density at radius 2 is 2.17 bits per heavy atom. The van der Waals surface area contributed by atoms with Gasteiger partial charge in [-0.2, -0.15) is 0 Å². The van der Waals surface area contributed by atoms with Gasteiger partial charge in [-0.05, 0) is 30.4 Å². The van der Waals surface area contributed by atoms with Crippen LogP contribution in [-0.2, 0) is 0 Å². The molecule has 0 radical (unpaired) electrons. The third-order valence-corrected chi connectivity index (χ3v) is 2.82. The molecule has 0 saturated carbocycles. The fourth-order valence-corrected chi connectivity index (χ4v) is 2.31. The van der Waals surface area contributed by atoms with Gasteiger partial charge in [-0.1, -0.05) is 11.6 Å². The second kappa shape index (κ2) is 4.66. The molecular weight excluding hydrogens is 237 g/mol. The minimum atomic E-state index is 0. The zero-order valence-corrected chi connectivity index (χ0v) is 11.9. The quantitative estimate of drug-likeness (QED) is 0.527. The van der Waals surface area contributed by atoms with Gasteiger partial charge in [0.05, 0.1) is 10.2 Å². The molecule has 1 aromatic heterocycles. The molecule has 0 spiro atoms. The van der Waals surface area contributed by atoms with Crippen LogP contribution in [0, 0.1) is 3.95 Å². The minimum Gasteiger partial charge on any atom is -0.337 e. The van der Waals surface area contributed by atoms with Gasteiger partial charge in [0.1, 0.15) is 0 Å². The van der Waals surface area contributed by atoms with Crippen molar-refractivity contribution in [2.24, 2.45) is 0 Å². The van der Waals surface area contributed by atoms with E-state index in [0.29, 0.717) is 0 Å². The van der Waals surface area contributed by atoms with Crippen LogP contribution >= 0.6 is 35.2 Å². The van der Waals surface area contributed by atoms with E-state index in [2.05, 4.69) is 4.98 Å². The average molecular weight is 241 g/mol. The number of benzene rings is 1. The van der Waals surface area contributed by atoms with Crippen LogP contribution in [-0.4, -0.2) is 4.98 Å². The third kappa shape index (κ3) is 2.39. The molecule has 0 amide bonds. The standard InChI is InChI=1S/C7H4ClNS2.K/c8-4-1-2-5-6(3-4)11-7(10)9-5;/h1-3H,(H,9,10);/q;+1. The van der Waals surface area contributed by atoms with E-state index in [4.69, 9.17) is 23.8 Å². The fourth-order valence-electron chi connectivity index (χ4n) is 0.919. The van der Waals surface area contributed by atoms with Crippen molar-refractivity contribution in [3.05, 3.63) is 27.2 Å². The third-order valence-electron chi connectivity index (χ3n) is 1.38. The molecule has 1 N–H and O–H groups in total. The van der Waals surface area contributed by atoms with E-state index in [9.17, 15) is 0 Å². The number of nitrogens with one attached hydrogen (secondary N) is 1. The smallest absolute Gasteiger partial charge is 0.337 e. The van der Waals surface area contributed by atoms with E-state index in [1.807, 2.05) is 18.2 Å². The summed E-state index contributed by atoms with van der Waals surface area (Å²) in [6, 6.07) is 5.69. The number of fused-ring (bicyclic) bond motifs is 1.